The summed E-state index contributed by atoms with van der Waals surface area (Å²) in [6.45, 7) is 1.63. The van der Waals surface area contributed by atoms with Crippen LogP contribution >= 0.6 is 11.6 Å². The Hall–Kier alpha value is -3.33. The number of phenolic OH excluding ortho intramolecular Hbond substituents is 1. The molecule has 0 saturated heterocycles. The van der Waals surface area contributed by atoms with Crippen molar-refractivity contribution < 1.29 is 19.6 Å². The van der Waals surface area contributed by atoms with Gasteiger partial charge >= 0.3 is 0 Å². The maximum atomic E-state index is 12.1. The van der Waals surface area contributed by atoms with Crippen molar-refractivity contribution in [3.8, 4) is 11.5 Å². The van der Waals surface area contributed by atoms with Crippen LogP contribution in [0.5, 0.6) is 11.5 Å². The molecule has 1 amide bonds. The molecule has 0 spiro atoms. The average molecular weight is 393 g/mol. The minimum atomic E-state index is -0.629. The third kappa shape index (κ3) is 5.32. The predicted octanol–water partition coefficient (Wildman–Crippen LogP) is 2.91. The number of nitro groups is 1. The number of hydrogen-bond acceptors (Lipinski definition) is 7. The van der Waals surface area contributed by atoms with E-state index in [1.807, 2.05) is 0 Å². The van der Waals surface area contributed by atoms with E-state index in [0.29, 0.717) is 10.7 Å². The van der Waals surface area contributed by atoms with Gasteiger partial charge in [-0.1, -0.05) is 11.6 Å². The second kappa shape index (κ2) is 8.86. The molecule has 0 fully saturated rings. The molecule has 1 atom stereocenters. The molecule has 3 N–H and O–H groups in total. The van der Waals surface area contributed by atoms with Crippen LogP contribution in [0, 0.1) is 10.1 Å². The molecule has 0 aliphatic heterocycles. The molecule has 0 aliphatic carbocycles. The topological polar surface area (TPSA) is 126 Å². The second-order valence-electron chi connectivity index (χ2n) is 5.45. The van der Waals surface area contributed by atoms with Crippen LogP contribution in [-0.4, -0.2) is 35.3 Å². The number of carbonyl (C=O) groups excluding carboxylic acids is 1. The lowest BCUT2D eigenvalue weighted by atomic mass is 10.2. The van der Waals surface area contributed by atoms with Crippen molar-refractivity contribution in [2.24, 2.45) is 5.10 Å². The van der Waals surface area contributed by atoms with Gasteiger partial charge in [0.05, 0.1) is 24.3 Å². The van der Waals surface area contributed by atoms with E-state index < -0.39 is 16.9 Å². The molecule has 10 heteroatoms. The Morgan fingerprint density at radius 2 is 2.04 bits per heavy atom. The minimum Gasteiger partial charge on any atom is -0.504 e. The van der Waals surface area contributed by atoms with E-state index in [1.54, 1.807) is 31.2 Å². The summed E-state index contributed by atoms with van der Waals surface area (Å²) in [6.07, 6.45) is 1.10. The number of non-ortho nitro benzene ring substituents is 1. The van der Waals surface area contributed by atoms with Crippen LogP contribution < -0.4 is 15.5 Å². The van der Waals surface area contributed by atoms with Crippen molar-refractivity contribution in [1.29, 1.82) is 0 Å². The molecular formula is C17H17ClN4O5. The molecule has 9 nitrogen and oxygen atoms in total. The predicted molar refractivity (Wildman–Crippen MR) is 102 cm³/mol. The van der Waals surface area contributed by atoms with Gasteiger partial charge in [0.25, 0.3) is 11.6 Å². The average Bonchev–Trinajstić information content (AvgIpc) is 2.64. The van der Waals surface area contributed by atoms with E-state index in [9.17, 15) is 20.0 Å². The van der Waals surface area contributed by atoms with Crippen molar-refractivity contribution in [3.05, 3.63) is 57.1 Å². The number of amides is 1. The number of hydrogen-bond donors (Lipinski definition) is 3. The number of methoxy groups -OCH3 is 1. The number of nitrogens with zero attached hydrogens (tertiary/aromatic N) is 2. The highest BCUT2D eigenvalue weighted by Gasteiger charge is 2.16. The van der Waals surface area contributed by atoms with Crippen LogP contribution in [0.15, 0.2) is 41.5 Å². The van der Waals surface area contributed by atoms with Crippen LogP contribution in [0.1, 0.15) is 12.5 Å². The molecule has 0 radical (unpaired) electrons. The van der Waals surface area contributed by atoms with Crippen LogP contribution in [-0.2, 0) is 4.79 Å². The maximum Gasteiger partial charge on any atom is 0.274 e. The van der Waals surface area contributed by atoms with E-state index >= 15 is 0 Å². The van der Waals surface area contributed by atoms with E-state index in [-0.39, 0.29) is 22.7 Å². The fourth-order valence-electron chi connectivity index (χ4n) is 2.10. The first-order valence-corrected chi connectivity index (χ1v) is 8.10. The Balaban J connectivity index is 2.05. The monoisotopic (exact) mass is 392 g/mol. The number of ether oxygens (including phenoxy) is 1. The lowest BCUT2D eigenvalue weighted by molar-refractivity contribution is -0.385. The number of phenols is 1. The Kier molecular flexibility index (Phi) is 6.56. The van der Waals surface area contributed by atoms with Crippen molar-refractivity contribution in [2.45, 2.75) is 13.0 Å². The van der Waals surface area contributed by atoms with Gasteiger partial charge in [-0.05, 0) is 31.2 Å². The summed E-state index contributed by atoms with van der Waals surface area (Å²) < 4.78 is 4.89. The number of hydrazone groups is 1. The molecule has 0 unspecified atom stereocenters. The summed E-state index contributed by atoms with van der Waals surface area (Å²) in [5.74, 6) is -0.846. The quantitative estimate of drug-likeness (QED) is 0.378. The van der Waals surface area contributed by atoms with Gasteiger partial charge in [-0.2, -0.15) is 5.10 Å². The number of anilines is 1. The minimum absolute atomic E-state index is 0.0275. The standard InChI is InChI=1S/C17H17ClN4O5/c1-10(20-13-5-3-12(18)4-6-13)17(24)21-19-9-11-7-14(22(25)26)8-15(27-2)16(11)23/h3-10,20,23H,1-2H3,(H,21,24)/b19-9-/t10-/m0/s1. The fourth-order valence-corrected chi connectivity index (χ4v) is 2.22. The zero-order valence-corrected chi connectivity index (χ0v) is 15.2. The lowest BCUT2D eigenvalue weighted by Gasteiger charge is -2.13. The Morgan fingerprint density at radius 1 is 1.37 bits per heavy atom. The molecule has 27 heavy (non-hydrogen) atoms. The van der Waals surface area contributed by atoms with Crippen LogP contribution in [0.4, 0.5) is 11.4 Å². The summed E-state index contributed by atoms with van der Waals surface area (Å²) in [7, 11) is 1.27. The van der Waals surface area contributed by atoms with Gasteiger partial charge in [-0.3, -0.25) is 14.9 Å². The van der Waals surface area contributed by atoms with Crippen molar-refractivity contribution >= 4 is 35.1 Å². The summed E-state index contributed by atoms with van der Waals surface area (Å²) in [6, 6.07) is 8.41. The Labute approximate surface area is 159 Å². The summed E-state index contributed by atoms with van der Waals surface area (Å²) in [5, 5.41) is 28.2. The number of aromatic hydroxyl groups is 1. The summed E-state index contributed by atoms with van der Waals surface area (Å²) in [4.78, 5) is 22.4. The van der Waals surface area contributed by atoms with Crippen molar-refractivity contribution in [2.75, 3.05) is 12.4 Å². The van der Waals surface area contributed by atoms with E-state index in [2.05, 4.69) is 15.8 Å². The smallest absolute Gasteiger partial charge is 0.274 e. The maximum absolute atomic E-state index is 12.1. The molecule has 0 aromatic heterocycles. The fraction of sp³-hybridized carbons (Fsp3) is 0.176. The number of halogens is 1. The Morgan fingerprint density at radius 3 is 2.63 bits per heavy atom. The number of carbonyl (C=O) groups is 1. The van der Waals surface area contributed by atoms with Gasteiger partial charge in [-0.15, -0.1) is 0 Å². The molecule has 0 saturated carbocycles. The zero-order valence-electron chi connectivity index (χ0n) is 14.5. The SMILES string of the molecule is COc1cc([N+](=O)[O-])cc(/C=N\NC(=O)[C@H](C)Nc2ccc(Cl)cc2)c1O. The third-order valence-corrected chi connectivity index (χ3v) is 3.77. The number of rotatable bonds is 7. The molecule has 2 aromatic carbocycles. The first-order chi connectivity index (χ1) is 12.8. The number of nitrogens with one attached hydrogen (secondary N) is 2. The highest BCUT2D eigenvalue weighted by molar-refractivity contribution is 6.30. The van der Waals surface area contributed by atoms with Gasteiger partial charge in [0, 0.05) is 22.3 Å². The van der Waals surface area contributed by atoms with Gasteiger partial charge in [0.15, 0.2) is 11.5 Å². The van der Waals surface area contributed by atoms with Gasteiger partial charge in [-0.25, -0.2) is 5.43 Å². The molecule has 2 aromatic rings. The molecule has 2 rings (SSSR count). The largest absolute Gasteiger partial charge is 0.504 e. The van der Waals surface area contributed by atoms with E-state index in [1.165, 1.54) is 7.11 Å². The van der Waals surface area contributed by atoms with Crippen molar-refractivity contribution in [3.63, 3.8) is 0 Å². The third-order valence-electron chi connectivity index (χ3n) is 3.52. The molecule has 0 bridgehead atoms. The van der Waals surface area contributed by atoms with E-state index in [4.69, 9.17) is 16.3 Å². The van der Waals surface area contributed by atoms with E-state index in [0.717, 1.165) is 18.3 Å². The highest BCUT2D eigenvalue weighted by Crippen LogP contribution is 2.33. The van der Waals surface area contributed by atoms with Crippen molar-refractivity contribution in [1.82, 2.24) is 5.43 Å². The normalized spacial score (nSPS) is 11.8. The van der Waals surface area contributed by atoms with Gasteiger partial charge in [0.1, 0.15) is 6.04 Å². The first-order valence-electron chi connectivity index (χ1n) is 7.72. The number of nitro benzene ring substituents is 1. The van der Waals surface area contributed by atoms with Crippen LogP contribution in [0.25, 0.3) is 0 Å². The van der Waals surface area contributed by atoms with Crippen LogP contribution in [0.2, 0.25) is 5.02 Å². The first kappa shape index (κ1) is 20.0. The lowest BCUT2D eigenvalue weighted by Crippen LogP contribution is -2.34. The molecule has 0 heterocycles. The second-order valence-corrected chi connectivity index (χ2v) is 5.89. The molecular weight excluding hydrogens is 376 g/mol. The summed E-state index contributed by atoms with van der Waals surface area (Å²) >= 11 is 5.80. The zero-order chi connectivity index (χ0) is 20.0. The summed E-state index contributed by atoms with van der Waals surface area (Å²) in [5.41, 5.74) is 2.74. The molecule has 142 valence electrons. The van der Waals surface area contributed by atoms with Crippen LogP contribution in [0.3, 0.4) is 0 Å². The van der Waals surface area contributed by atoms with Gasteiger partial charge < -0.3 is 15.2 Å². The Bertz CT molecular complexity index is 870. The molecule has 0 aliphatic rings. The van der Waals surface area contributed by atoms with Gasteiger partial charge in [0.2, 0.25) is 0 Å². The number of benzene rings is 2. The highest BCUT2D eigenvalue weighted by atomic mass is 35.5.